The Kier molecular flexibility index (Phi) is 1.68. The van der Waals surface area contributed by atoms with Gasteiger partial charge < -0.3 is 4.90 Å². The average molecular weight is 175 g/mol. The van der Waals surface area contributed by atoms with Gasteiger partial charge in [0.15, 0.2) is 0 Å². The van der Waals surface area contributed by atoms with Gasteiger partial charge in [-0.1, -0.05) is 0 Å². The van der Waals surface area contributed by atoms with Crippen molar-refractivity contribution in [3.63, 3.8) is 0 Å². The molecule has 0 saturated carbocycles. The van der Waals surface area contributed by atoms with E-state index in [0.717, 1.165) is 11.2 Å². The van der Waals surface area contributed by atoms with E-state index in [1.165, 1.54) is 0 Å². The summed E-state index contributed by atoms with van der Waals surface area (Å²) in [6, 6.07) is 0. The fourth-order valence-corrected chi connectivity index (χ4v) is 1.04. The molecule has 1 heterocycles. The Balaban J connectivity index is 2.59. The quantitative estimate of drug-likeness (QED) is 0.540. The van der Waals surface area contributed by atoms with Crippen LogP contribution in [0.25, 0.3) is 0 Å². The van der Waals surface area contributed by atoms with Crippen molar-refractivity contribution in [3.8, 4) is 0 Å². The highest BCUT2D eigenvalue weighted by molar-refractivity contribution is 9.18. The Morgan fingerprint density at radius 2 is 2.62 bits per heavy atom. The smallest absolute Gasteiger partial charge is 0.102 e. The molecule has 1 rings (SSSR count). The number of hydrogen-bond acceptors (Lipinski definition) is 2. The molecule has 0 atom stereocenters. The topological polar surface area (TPSA) is 15.6 Å². The summed E-state index contributed by atoms with van der Waals surface area (Å²) in [4.78, 5) is 6.04. The second-order valence-corrected chi connectivity index (χ2v) is 2.63. The second kappa shape index (κ2) is 2.31. The molecule has 2 nitrogen and oxygen atoms in total. The second-order valence-electron chi connectivity index (χ2n) is 1.72. The minimum atomic E-state index is 0.885. The fourth-order valence-electron chi connectivity index (χ4n) is 0.527. The predicted molar refractivity (Wildman–Crippen MR) is 38.1 cm³/mol. The minimum Gasteiger partial charge on any atom is -0.373 e. The van der Waals surface area contributed by atoms with Gasteiger partial charge in [-0.25, -0.2) is 0 Å². The van der Waals surface area contributed by atoms with Crippen molar-refractivity contribution >= 4 is 20.6 Å². The van der Waals surface area contributed by atoms with Crippen molar-refractivity contribution in [1.29, 1.82) is 0 Å². The van der Waals surface area contributed by atoms with Crippen molar-refractivity contribution in [3.05, 3.63) is 12.4 Å². The van der Waals surface area contributed by atoms with Gasteiger partial charge in [0.25, 0.3) is 0 Å². The van der Waals surface area contributed by atoms with Crippen LogP contribution in [0.4, 0.5) is 0 Å². The standard InChI is InChI=1S/C5H7BrN2/c1-8-3-2-7-5(6)4-8/h2-3H,4H2,1H3. The summed E-state index contributed by atoms with van der Waals surface area (Å²) in [5.41, 5.74) is 0. The molecular formula is C5H7BrN2. The lowest BCUT2D eigenvalue weighted by atomic mass is 10.5. The Bertz CT molecular complexity index is 139. The lowest BCUT2D eigenvalue weighted by Crippen LogP contribution is -2.19. The molecule has 1 aliphatic heterocycles. The maximum atomic E-state index is 3.99. The molecule has 0 radical (unpaired) electrons. The summed E-state index contributed by atoms with van der Waals surface area (Å²) in [5.74, 6) is 0. The normalized spacial score (nSPS) is 18.8. The summed E-state index contributed by atoms with van der Waals surface area (Å²) in [6.07, 6.45) is 3.71. The van der Waals surface area contributed by atoms with Crippen LogP contribution in [0.2, 0.25) is 0 Å². The van der Waals surface area contributed by atoms with Gasteiger partial charge in [-0.05, 0) is 15.9 Å². The lowest BCUT2D eigenvalue weighted by molar-refractivity contribution is 0.520. The van der Waals surface area contributed by atoms with E-state index in [2.05, 4.69) is 25.8 Å². The maximum Gasteiger partial charge on any atom is 0.102 e. The van der Waals surface area contributed by atoms with Crippen LogP contribution in [-0.4, -0.2) is 23.1 Å². The zero-order valence-corrected chi connectivity index (χ0v) is 6.22. The fraction of sp³-hybridized carbons (Fsp3) is 0.400. The van der Waals surface area contributed by atoms with Gasteiger partial charge in [-0.15, -0.1) is 0 Å². The molecule has 0 saturated heterocycles. The van der Waals surface area contributed by atoms with Crippen LogP contribution in [0.15, 0.2) is 17.4 Å². The minimum absolute atomic E-state index is 0.885. The number of nitrogens with zero attached hydrogens (tertiary/aromatic N) is 2. The van der Waals surface area contributed by atoms with Crippen LogP contribution in [0.1, 0.15) is 0 Å². The number of halogens is 1. The SMILES string of the molecule is CN1C=CN=C(Br)C1. The molecule has 0 aromatic heterocycles. The van der Waals surface area contributed by atoms with E-state index in [1.807, 2.05) is 13.2 Å². The Hall–Kier alpha value is -0.310. The highest BCUT2D eigenvalue weighted by Gasteiger charge is 1.98. The van der Waals surface area contributed by atoms with E-state index in [1.54, 1.807) is 6.20 Å². The van der Waals surface area contributed by atoms with Gasteiger partial charge in [0.1, 0.15) is 4.62 Å². The van der Waals surface area contributed by atoms with Crippen LogP contribution in [-0.2, 0) is 0 Å². The van der Waals surface area contributed by atoms with Crippen LogP contribution in [0.3, 0.4) is 0 Å². The Morgan fingerprint density at radius 1 is 1.88 bits per heavy atom. The predicted octanol–water partition coefficient (Wildman–Crippen LogP) is 1.20. The van der Waals surface area contributed by atoms with Crippen molar-refractivity contribution in [2.75, 3.05) is 13.6 Å². The highest BCUT2D eigenvalue weighted by Crippen LogP contribution is 2.00. The Labute approximate surface area is 57.0 Å². The van der Waals surface area contributed by atoms with Gasteiger partial charge in [-0.3, -0.25) is 4.99 Å². The third-order valence-electron chi connectivity index (χ3n) is 0.916. The van der Waals surface area contributed by atoms with E-state index in [4.69, 9.17) is 0 Å². The third-order valence-corrected chi connectivity index (χ3v) is 1.37. The zero-order valence-electron chi connectivity index (χ0n) is 4.63. The van der Waals surface area contributed by atoms with E-state index < -0.39 is 0 Å². The molecule has 44 valence electrons. The molecule has 0 aromatic carbocycles. The highest BCUT2D eigenvalue weighted by atomic mass is 79.9. The summed E-state index contributed by atoms with van der Waals surface area (Å²) in [7, 11) is 2.01. The molecule has 0 unspecified atom stereocenters. The van der Waals surface area contributed by atoms with Crippen LogP contribution < -0.4 is 0 Å². The number of rotatable bonds is 0. The molecule has 0 bridgehead atoms. The van der Waals surface area contributed by atoms with Crippen LogP contribution >= 0.6 is 15.9 Å². The number of aliphatic imine (C=N–C) groups is 1. The molecule has 1 aliphatic rings. The van der Waals surface area contributed by atoms with Gasteiger partial charge >= 0.3 is 0 Å². The van der Waals surface area contributed by atoms with Crippen molar-refractivity contribution in [1.82, 2.24) is 4.90 Å². The molecule has 0 N–H and O–H groups in total. The van der Waals surface area contributed by atoms with E-state index in [-0.39, 0.29) is 0 Å². The molecule has 0 spiro atoms. The Morgan fingerprint density at radius 3 is 3.00 bits per heavy atom. The molecular weight excluding hydrogens is 168 g/mol. The van der Waals surface area contributed by atoms with E-state index in [9.17, 15) is 0 Å². The summed E-state index contributed by atoms with van der Waals surface area (Å²) < 4.78 is 0.988. The van der Waals surface area contributed by atoms with Gasteiger partial charge in [0, 0.05) is 19.4 Å². The van der Waals surface area contributed by atoms with Crippen molar-refractivity contribution < 1.29 is 0 Å². The first-order valence-corrected chi connectivity index (χ1v) is 3.17. The average Bonchev–Trinajstić information content (AvgIpc) is 1.64. The first kappa shape index (κ1) is 5.82. The largest absolute Gasteiger partial charge is 0.373 e. The van der Waals surface area contributed by atoms with E-state index in [0.29, 0.717) is 0 Å². The van der Waals surface area contributed by atoms with E-state index >= 15 is 0 Å². The molecule has 0 fully saturated rings. The maximum absolute atomic E-state index is 3.99. The summed E-state index contributed by atoms with van der Waals surface area (Å²) >= 11 is 3.29. The molecule has 0 aliphatic carbocycles. The first-order chi connectivity index (χ1) is 3.79. The summed E-state index contributed by atoms with van der Waals surface area (Å²) in [6.45, 7) is 0.885. The zero-order chi connectivity index (χ0) is 5.98. The third kappa shape index (κ3) is 1.33. The summed E-state index contributed by atoms with van der Waals surface area (Å²) in [5, 5.41) is 0. The monoisotopic (exact) mass is 174 g/mol. The molecule has 8 heavy (non-hydrogen) atoms. The van der Waals surface area contributed by atoms with Crippen LogP contribution in [0.5, 0.6) is 0 Å². The molecule has 0 aromatic rings. The number of hydrogen-bond donors (Lipinski definition) is 0. The van der Waals surface area contributed by atoms with Crippen molar-refractivity contribution in [2.45, 2.75) is 0 Å². The van der Waals surface area contributed by atoms with Crippen LogP contribution in [0, 0.1) is 0 Å². The molecule has 0 amide bonds. The first-order valence-electron chi connectivity index (χ1n) is 2.38. The van der Waals surface area contributed by atoms with Gasteiger partial charge in [0.2, 0.25) is 0 Å². The lowest BCUT2D eigenvalue weighted by Gasteiger charge is -2.14. The van der Waals surface area contributed by atoms with Gasteiger partial charge in [-0.2, -0.15) is 0 Å². The van der Waals surface area contributed by atoms with Crippen molar-refractivity contribution in [2.24, 2.45) is 4.99 Å². The molecule has 3 heteroatoms. The van der Waals surface area contributed by atoms with Gasteiger partial charge in [0.05, 0.1) is 6.54 Å².